The third kappa shape index (κ3) is 5.12. The number of aliphatic hydroxyl groups excluding tert-OH is 1. The summed E-state index contributed by atoms with van der Waals surface area (Å²) in [6.45, 7) is 4.54. The van der Waals surface area contributed by atoms with Crippen molar-refractivity contribution in [2.75, 3.05) is 0 Å². The van der Waals surface area contributed by atoms with Crippen molar-refractivity contribution in [3.8, 4) is 0 Å². The summed E-state index contributed by atoms with van der Waals surface area (Å²) in [6.07, 6.45) is 9.25. The molecule has 0 aliphatic carbocycles. The Balaban J connectivity index is 1.90. The molecule has 2 N–H and O–H groups in total. The molecule has 0 spiro atoms. The summed E-state index contributed by atoms with van der Waals surface area (Å²) >= 11 is 0. The van der Waals surface area contributed by atoms with Crippen LogP contribution in [0.25, 0.3) is 0 Å². The average Bonchev–Trinajstić information content (AvgIpc) is 2.47. The maximum Gasteiger partial charge on any atom is 0.0575 e. The molecule has 118 valence electrons. The van der Waals surface area contributed by atoms with Gasteiger partial charge in [0.15, 0.2) is 0 Å². The van der Waals surface area contributed by atoms with Crippen LogP contribution in [-0.4, -0.2) is 16.7 Å². The topological polar surface area (TPSA) is 32.3 Å². The zero-order valence-corrected chi connectivity index (χ0v) is 13.6. The zero-order chi connectivity index (χ0) is 15.1. The van der Waals surface area contributed by atoms with Gasteiger partial charge in [0.2, 0.25) is 0 Å². The summed E-state index contributed by atoms with van der Waals surface area (Å²) in [5.74, 6) is 0. The van der Waals surface area contributed by atoms with E-state index >= 15 is 0 Å². The molecule has 21 heavy (non-hydrogen) atoms. The number of piperidine rings is 1. The fraction of sp³-hybridized carbons (Fsp3) is 0.684. The number of hydrogen-bond acceptors (Lipinski definition) is 2. The third-order valence-electron chi connectivity index (χ3n) is 4.75. The quantitative estimate of drug-likeness (QED) is 0.719. The van der Waals surface area contributed by atoms with E-state index in [2.05, 4.69) is 49.5 Å². The molecule has 1 aliphatic heterocycles. The van der Waals surface area contributed by atoms with Crippen molar-refractivity contribution in [2.24, 2.45) is 0 Å². The first-order valence-electron chi connectivity index (χ1n) is 8.64. The Kier molecular flexibility index (Phi) is 6.25. The van der Waals surface area contributed by atoms with Crippen molar-refractivity contribution >= 4 is 0 Å². The van der Waals surface area contributed by atoms with E-state index in [1.165, 1.54) is 37.7 Å². The van der Waals surface area contributed by atoms with Gasteiger partial charge in [0.1, 0.15) is 0 Å². The molecule has 1 saturated heterocycles. The second-order valence-electron chi connectivity index (χ2n) is 6.93. The molecule has 0 aromatic heterocycles. The molecule has 3 atom stereocenters. The van der Waals surface area contributed by atoms with E-state index in [0.717, 1.165) is 19.3 Å². The summed E-state index contributed by atoms with van der Waals surface area (Å²) in [5.41, 5.74) is 1.37. The van der Waals surface area contributed by atoms with Gasteiger partial charge in [-0.1, -0.05) is 69.4 Å². The maximum absolute atomic E-state index is 10.3. The van der Waals surface area contributed by atoms with Gasteiger partial charge in [-0.15, -0.1) is 0 Å². The predicted molar refractivity (Wildman–Crippen MR) is 89.3 cm³/mol. The van der Waals surface area contributed by atoms with E-state index in [4.69, 9.17) is 0 Å². The molecule has 1 aromatic rings. The first kappa shape index (κ1) is 16.5. The van der Waals surface area contributed by atoms with Crippen LogP contribution in [-0.2, 0) is 0 Å². The SMILES string of the molecule is CCCCCCC[C@]1(C)C[C@H](O)C[C@H](c2ccccc2)N1. The van der Waals surface area contributed by atoms with Gasteiger partial charge in [-0.25, -0.2) is 0 Å². The van der Waals surface area contributed by atoms with E-state index in [1.54, 1.807) is 0 Å². The molecule has 1 fully saturated rings. The first-order chi connectivity index (χ1) is 10.1. The fourth-order valence-corrected chi connectivity index (χ4v) is 3.61. The van der Waals surface area contributed by atoms with Crippen molar-refractivity contribution in [1.29, 1.82) is 0 Å². The number of aliphatic hydroxyl groups is 1. The Morgan fingerprint density at radius 1 is 1.14 bits per heavy atom. The summed E-state index contributed by atoms with van der Waals surface area (Å²) in [4.78, 5) is 0. The lowest BCUT2D eigenvalue weighted by Crippen LogP contribution is -2.51. The first-order valence-corrected chi connectivity index (χ1v) is 8.64. The highest BCUT2D eigenvalue weighted by Gasteiger charge is 2.35. The minimum absolute atomic E-state index is 0.0738. The molecular formula is C19H31NO. The van der Waals surface area contributed by atoms with E-state index in [9.17, 15) is 5.11 Å². The van der Waals surface area contributed by atoms with Gasteiger partial charge in [-0.3, -0.25) is 0 Å². The summed E-state index contributed by atoms with van der Waals surface area (Å²) in [5, 5.41) is 14.1. The predicted octanol–water partition coefficient (Wildman–Crippen LogP) is 4.59. The third-order valence-corrected chi connectivity index (χ3v) is 4.75. The molecule has 2 nitrogen and oxygen atoms in total. The van der Waals surface area contributed by atoms with Gasteiger partial charge in [-0.05, 0) is 31.7 Å². The Bertz CT molecular complexity index is 405. The lowest BCUT2D eigenvalue weighted by Gasteiger charge is -2.42. The summed E-state index contributed by atoms with van der Waals surface area (Å²) in [7, 11) is 0. The second-order valence-corrected chi connectivity index (χ2v) is 6.93. The Morgan fingerprint density at radius 2 is 1.86 bits per heavy atom. The van der Waals surface area contributed by atoms with Crippen LogP contribution in [0.1, 0.15) is 76.8 Å². The van der Waals surface area contributed by atoms with E-state index in [-0.39, 0.29) is 17.7 Å². The van der Waals surface area contributed by atoms with Crippen LogP contribution in [0.2, 0.25) is 0 Å². The highest BCUT2D eigenvalue weighted by molar-refractivity contribution is 5.20. The number of rotatable bonds is 7. The molecule has 1 aromatic carbocycles. The van der Waals surface area contributed by atoms with E-state index in [0.29, 0.717) is 0 Å². The summed E-state index contributed by atoms with van der Waals surface area (Å²) in [6, 6.07) is 10.8. The lowest BCUT2D eigenvalue weighted by atomic mass is 9.80. The number of benzene rings is 1. The highest BCUT2D eigenvalue weighted by Crippen LogP contribution is 2.34. The maximum atomic E-state index is 10.3. The molecule has 2 heteroatoms. The molecule has 0 saturated carbocycles. The van der Waals surface area contributed by atoms with Crippen LogP contribution in [0.3, 0.4) is 0 Å². The van der Waals surface area contributed by atoms with Crippen LogP contribution in [0.15, 0.2) is 30.3 Å². The lowest BCUT2D eigenvalue weighted by molar-refractivity contribution is 0.0548. The van der Waals surface area contributed by atoms with Crippen LogP contribution in [0.5, 0.6) is 0 Å². The molecule has 2 rings (SSSR count). The molecule has 0 bridgehead atoms. The van der Waals surface area contributed by atoms with Gasteiger partial charge < -0.3 is 10.4 Å². The van der Waals surface area contributed by atoms with E-state index in [1.807, 2.05) is 0 Å². The molecular weight excluding hydrogens is 258 g/mol. The van der Waals surface area contributed by atoms with Gasteiger partial charge in [-0.2, -0.15) is 0 Å². The average molecular weight is 289 g/mol. The van der Waals surface area contributed by atoms with Crippen molar-refractivity contribution in [3.05, 3.63) is 35.9 Å². The van der Waals surface area contributed by atoms with Crippen LogP contribution in [0.4, 0.5) is 0 Å². The Labute approximate surface area is 130 Å². The number of nitrogens with one attached hydrogen (secondary N) is 1. The van der Waals surface area contributed by atoms with Crippen LogP contribution >= 0.6 is 0 Å². The molecule has 1 aliphatic rings. The smallest absolute Gasteiger partial charge is 0.0575 e. The summed E-state index contributed by atoms with van der Waals surface area (Å²) < 4.78 is 0. The standard InChI is InChI=1S/C19H31NO/c1-3-4-5-6-10-13-19(2)15-17(21)14-18(20-19)16-11-8-7-9-12-16/h7-9,11-12,17-18,20-21H,3-6,10,13-15H2,1-2H3/t17-,18-,19-/m1/s1. The minimum Gasteiger partial charge on any atom is -0.393 e. The number of unbranched alkanes of at least 4 members (excludes halogenated alkanes) is 4. The highest BCUT2D eigenvalue weighted by atomic mass is 16.3. The molecule has 0 amide bonds. The monoisotopic (exact) mass is 289 g/mol. The van der Waals surface area contributed by atoms with Crippen molar-refractivity contribution in [2.45, 2.75) is 82.9 Å². The van der Waals surface area contributed by atoms with Crippen LogP contribution < -0.4 is 5.32 Å². The van der Waals surface area contributed by atoms with Crippen molar-refractivity contribution in [1.82, 2.24) is 5.32 Å². The van der Waals surface area contributed by atoms with Gasteiger partial charge in [0, 0.05) is 11.6 Å². The minimum atomic E-state index is -0.183. The molecule has 1 heterocycles. The largest absolute Gasteiger partial charge is 0.393 e. The Hall–Kier alpha value is -0.860. The van der Waals surface area contributed by atoms with Gasteiger partial charge >= 0.3 is 0 Å². The van der Waals surface area contributed by atoms with Crippen LogP contribution in [0, 0.1) is 0 Å². The fourth-order valence-electron chi connectivity index (χ4n) is 3.61. The zero-order valence-electron chi connectivity index (χ0n) is 13.6. The molecule has 0 radical (unpaired) electrons. The normalized spacial score (nSPS) is 29.5. The van der Waals surface area contributed by atoms with Gasteiger partial charge in [0.25, 0.3) is 0 Å². The Morgan fingerprint density at radius 3 is 2.57 bits per heavy atom. The van der Waals surface area contributed by atoms with Gasteiger partial charge in [0.05, 0.1) is 6.10 Å². The number of hydrogen-bond donors (Lipinski definition) is 2. The van der Waals surface area contributed by atoms with E-state index < -0.39 is 0 Å². The second kappa shape index (κ2) is 7.95. The van der Waals surface area contributed by atoms with Crippen molar-refractivity contribution in [3.63, 3.8) is 0 Å². The van der Waals surface area contributed by atoms with Crippen molar-refractivity contribution < 1.29 is 5.11 Å². The molecule has 0 unspecified atom stereocenters.